The Balaban J connectivity index is 2.61. The standard InChI is InChI=1S/C11H14N2O4/c1-2-6-17-7-9(14)13-10-8(11(15)16)4-3-5-12-10/h3-5H,2,6-7H2,1H3,(H,15,16)(H,12,13,14). The van der Waals surface area contributed by atoms with Crippen LogP contribution in [-0.4, -0.2) is 35.2 Å². The van der Waals surface area contributed by atoms with Gasteiger partial charge < -0.3 is 15.2 Å². The summed E-state index contributed by atoms with van der Waals surface area (Å²) in [7, 11) is 0. The number of pyridine rings is 1. The molecule has 92 valence electrons. The average Bonchev–Trinajstić information content (AvgIpc) is 2.29. The number of rotatable bonds is 6. The lowest BCUT2D eigenvalue weighted by molar-refractivity contribution is -0.120. The van der Waals surface area contributed by atoms with E-state index in [2.05, 4.69) is 10.3 Å². The molecule has 2 N–H and O–H groups in total. The fraction of sp³-hybridized carbons (Fsp3) is 0.364. The van der Waals surface area contributed by atoms with Crippen molar-refractivity contribution in [1.82, 2.24) is 4.98 Å². The quantitative estimate of drug-likeness (QED) is 0.725. The molecule has 0 atom stereocenters. The van der Waals surface area contributed by atoms with Crippen molar-refractivity contribution in [2.24, 2.45) is 0 Å². The highest BCUT2D eigenvalue weighted by Crippen LogP contribution is 2.10. The lowest BCUT2D eigenvalue weighted by Crippen LogP contribution is -2.21. The average molecular weight is 238 g/mol. The van der Waals surface area contributed by atoms with Crippen molar-refractivity contribution in [2.75, 3.05) is 18.5 Å². The molecule has 6 nitrogen and oxygen atoms in total. The molecule has 0 fully saturated rings. The number of nitrogens with one attached hydrogen (secondary N) is 1. The van der Waals surface area contributed by atoms with Crippen LogP contribution < -0.4 is 5.32 Å². The van der Waals surface area contributed by atoms with Gasteiger partial charge in [0.15, 0.2) is 0 Å². The van der Waals surface area contributed by atoms with Gasteiger partial charge in [0.2, 0.25) is 0 Å². The molecule has 6 heteroatoms. The molecule has 0 radical (unpaired) electrons. The Bertz CT molecular complexity index is 406. The molecule has 0 aliphatic carbocycles. The minimum absolute atomic E-state index is 0.0325. The smallest absolute Gasteiger partial charge is 0.339 e. The van der Waals surface area contributed by atoms with Crippen LogP contribution in [0.4, 0.5) is 5.82 Å². The van der Waals surface area contributed by atoms with Crippen LogP contribution in [0, 0.1) is 0 Å². The summed E-state index contributed by atoms with van der Waals surface area (Å²) in [6, 6.07) is 2.87. The van der Waals surface area contributed by atoms with Crippen molar-refractivity contribution in [3.8, 4) is 0 Å². The molecule has 0 unspecified atom stereocenters. The predicted octanol–water partition coefficient (Wildman–Crippen LogP) is 1.14. The van der Waals surface area contributed by atoms with Gasteiger partial charge in [-0.1, -0.05) is 6.92 Å². The highest BCUT2D eigenvalue weighted by molar-refractivity contribution is 5.99. The minimum Gasteiger partial charge on any atom is -0.478 e. The van der Waals surface area contributed by atoms with Gasteiger partial charge in [0.05, 0.1) is 0 Å². The summed E-state index contributed by atoms with van der Waals surface area (Å²) < 4.78 is 5.03. The molecule has 1 amide bonds. The topological polar surface area (TPSA) is 88.5 Å². The minimum atomic E-state index is -1.14. The van der Waals surface area contributed by atoms with Crippen LogP contribution in [0.5, 0.6) is 0 Å². The van der Waals surface area contributed by atoms with E-state index in [0.717, 1.165) is 6.42 Å². The third kappa shape index (κ3) is 4.20. The number of nitrogens with zero attached hydrogens (tertiary/aromatic N) is 1. The highest BCUT2D eigenvalue weighted by Gasteiger charge is 2.12. The molecule has 0 aliphatic heterocycles. The molecule has 1 aromatic heterocycles. The summed E-state index contributed by atoms with van der Waals surface area (Å²) in [5.74, 6) is -1.52. The first kappa shape index (κ1) is 13.1. The van der Waals surface area contributed by atoms with Gasteiger partial charge in [0.1, 0.15) is 18.0 Å². The molecular formula is C11H14N2O4. The van der Waals surface area contributed by atoms with E-state index in [9.17, 15) is 9.59 Å². The Morgan fingerprint density at radius 3 is 2.94 bits per heavy atom. The Morgan fingerprint density at radius 1 is 1.53 bits per heavy atom. The Kier molecular flexibility index (Phi) is 5.09. The van der Waals surface area contributed by atoms with E-state index in [0.29, 0.717) is 6.61 Å². The predicted molar refractivity (Wildman–Crippen MR) is 60.9 cm³/mol. The van der Waals surface area contributed by atoms with Crippen LogP contribution >= 0.6 is 0 Å². The molecule has 1 rings (SSSR count). The van der Waals surface area contributed by atoms with Crippen molar-refractivity contribution in [1.29, 1.82) is 0 Å². The molecule has 0 aliphatic rings. The number of hydrogen-bond acceptors (Lipinski definition) is 4. The molecular weight excluding hydrogens is 224 g/mol. The fourth-order valence-electron chi connectivity index (χ4n) is 1.15. The van der Waals surface area contributed by atoms with Gasteiger partial charge in [-0.15, -0.1) is 0 Å². The molecule has 1 heterocycles. The molecule has 0 bridgehead atoms. The Hall–Kier alpha value is -1.95. The van der Waals surface area contributed by atoms with E-state index >= 15 is 0 Å². The van der Waals surface area contributed by atoms with Crippen molar-refractivity contribution in [3.05, 3.63) is 23.9 Å². The second kappa shape index (κ2) is 6.59. The number of carbonyl (C=O) groups excluding carboxylic acids is 1. The molecule has 0 saturated heterocycles. The van der Waals surface area contributed by atoms with E-state index in [1.54, 1.807) is 0 Å². The maximum absolute atomic E-state index is 11.4. The molecule has 0 spiro atoms. The summed E-state index contributed by atoms with van der Waals surface area (Å²) >= 11 is 0. The zero-order valence-electron chi connectivity index (χ0n) is 9.47. The third-order valence-electron chi connectivity index (χ3n) is 1.88. The zero-order chi connectivity index (χ0) is 12.7. The first-order valence-corrected chi connectivity index (χ1v) is 5.21. The van der Waals surface area contributed by atoms with Gasteiger partial charge in [-0.05, 0) is 18.6 Å². The number of aromatic nitrogens is 1. The monoisotopic (exact) mass is 238 g/mol. The highest BCUT2D eigenvalue weighted by atomic mass is 16.5. The molecule has 17 heavy (non-hydrogen) atoms. The van der Waals surface area contributed by atoms with Crippen molar-refractivity contribution in [2.45, 2.75) is 13.3 Å². The zero-order valence-corrected chi connectivity index (χ0v) is 9.47. The summed E-state index contributed by atoms with van der Waals surface area (Å²) in [5, 5.41) is 11.3. The van der Waals surface area contributed by atoms with E-state index in [1.807, 2.05) is 6.92 Å². The number of carboxylic acids is 1. The van der Waals surface area contributed by atoms with Gasteiger partial charge in [-0.2, -0.15) is 0 Å². The number of aromatic carboxylic acids is 1. The first-order valence-electron chi connectivity index (χ1n) is 5.21. The maximum Gasteiger partial charge on any atom is 0.339 e. The third-order valence-corrected chi connectivity index (χ3v) is 1.88. The summed E-state index contributed by atoms with van der Waals surface area (Å²) in [5.41, 5.74) is -0.0451. The summed E-state index contributed by atoms with van der Waals surface area (Å²) in [6.07, 6.45) is 2.23. The molecule has 0 aromatic carbocycles. The van der Waals surface area contributed by atoms with Gasteiger partial charge in [0, 0.05) is 12.8 Å². The van der Waals surface area contributed by atoms with Gasteiger partial charge in [-0.25, -0.2) is 9.78 Å². The fourth-order valence-corrected chi connectivity index (χ4v) is 1.15. The first-order chi connectivity index (χ1) is 8.15. The lowest BCUT2D eigenvalue weighted by Gasteiger charge is -2.07. The van der Waals surface area contributed by atoms with E-state index in [1.165, 1.54) is 18.3 Å². The number of carbonyl (C=O) groups is 2. The van der Waals surface area contributed by atoms with E-state index in [4.69, 9.17) is 9.84 Å². The van der Waals surface area contributed by atoms with Crippen LogP contribution in [0.2, 0.25) is 0 Å². The molecule has 1 aromatic rings. The SMILES string of the molecule is CCCOCC(=O)Nc1ncccc1C(=O)O. The van der Waals surface area contributed by atoms with Crippen molar-refractivity contribution in [3.63, 3.8) is 0 Å². The van der Waals surface area contributed by atoms with Gasteiger partial charge in [0.25, 0.3) is 5.91 Å². The molecule has 0 saturated carbocycles. The number of anilines is 1. The van der Waals surface area contributed by atoms with Gasteiger partial charge >= 0.3 is 5.97 Å². The van der Waals surface area contributed by atoms with Crippen LogP contribution in [0.15, 0.2) is 18.3 Å². The Labute approximate surface area is 98.6 Å². The van der Waals surface area contributed by atoms with E-state index in [-0.39, 0.29) is 18.0 Å². The van der Waals surface area contributed by atoms with Gasteiger partial charge in [-0.3, -0.25) is 4.79 Å². The van der Waals surface area contributed by atoms with Crippen molar-refractivity contribution < 1.29 is 19.4 Å². The number of hydrogen-bond donors (Lipinski definition) is 2. The van der Waals surface area contributed by atoms with Crippen molar-refractivity contribution >= 4 is 17.7 Å². The number of amides is 1. The van der Waals surface area contributed by atoms with Crippen LogP contribution in [0.3, 0.4) is 0 Å². The van der Waals surface area contributed by atoms with E-state index < -0.39 is 11.9 Å². The largest absolute Gasteiger partial charge is 0.478 e. The second-order valence-corrected chi connectivity index (χ2v) is 3.31. The summed E-state index contributed by atoms with van der Waals surface area (Å²) in [4.78, 5) is 26.0. The van der Waals surface area contributed by atoms with Crippen LogP contribution in [-0.2, 0) is 9.53 Å². The van der Waals surface area contributed by atoms with Crippen LogP contribution in [0.1, 0.15) is 23.7 Å². The normalized spacial score (nSPS) is 9.94. The van der Waals surface area contributed by atoms with Crippen LogP contribution in [0.25, 0.3) is 0 Å². The Morgan fingerprint density at radius 2 is 2.29 bits per heavy atom. The number of ether oxygens (including phenoxy) is 1. The second-order valence-electron chi connectivity index (χ2n) is 3.31. The summed E-state index contributed by atoms with van der Waals surface area (Å²) in [6.45, 7) is 2.31. The maximum atomic E-state index is 11.4. The number of carboxylic acid groups (broad SMARTS) is 1. The lowest BCUT2D eigenvalue weighted by atomic mass is 10.2.